The number of esters is 1. The Balaban J connectivity index is 1.54. The second-order valence-corrected chi connectivity index (χ2v) is 13.0. The number of allylic oxidation sites excluding steroid dienone is 2. The molecule has 0 aromatic carbocycles. The van der Waals surface area contributed by atoms with Crippen LogP contribution < -0.4 is 27.3 Å². The van der Waals surface area contributed by atoms with Crippen LogP contribution in [0, 0.1) is 11.8 Å². The van der Waals surface area contributed by atoms with Crippen molar-refractivity contribution in [1.29, 1.82) is 0 Å². The van der Waals surface area contributed by atoms with Crippen molar-refractivity contribution in [3.63, 3.8) is 0 Å². The molecular weight excluding hydrogens is 651 g/mol. The predicted molar refractivity (Wildman–Crippen MR) is 181 cm³/mol. The molecule has 2 bridgehead atoms. The van der Waals surface area contributed by atoms with E-state index in [-0.39, 0.29) is 55.8 Å². The van der Waals surface area contributed by atoms with Gasteiger partial charge in [-0.05, 0) is 31.8 Å². The largest absolute Gasteiger partial charge is 0.460 e. The summed E-state index contributed by atoms with van der Waals surface area (Å²) in [5, 5.41) is 17.7. The van der Waals surface area contributed by atoms with Crippen molar-refractivity contribution >= 4 is 23.7 Å². The third-order valence-corrected chi connectivity index (χ3v) is 8.49. The number of aromatic nitrogens is 1. The molecule has 4 rings (SSSR count). The summed E-state index contributed by atoms with van der Waals surface area (Å²) in [6, 6.07) is -0.911. The summed E-state index contributed by atoms with van der Waals surface area (Å²) in [4.78, 5) is 58.6. The van der Waals surface area contributed by atoms with Gasteiger partial charge in [0.15, 0.2) is 11.6 Å². The van der Waals surface area contributed by atoms with Gasteiger partial charge in [0.1, 0.15) is 24.6 Å². The Hall–Kier alpha value is -4.54. The topological polar surface area (TPSA) is 204 Å². The number of amides is 3. The maximum absolute atomic E-state index is 14.8. The van der Waals surface area contributed by atoms with E-state index < -0.39 is 48.1 Å². The zero-order valence-electron chi connectivity index (χ0n) is 28.8. The molecule has 4 heterocycles. The van der Waals surface area contributed by atoms with Gasteiger partial charge in [-0.2, -0.15) is 0 Å². The molecule has 0 saturated carbocycles. The van der Waals surface area contributed by atoms with Gasteiger partial charge in [-0.25, -0.2) is 14.2 Å². The first-order valence-corrected chi connectivity index (χ1v) is 17.0. The van der Waals surface area contributed by atoms with E-state index in [1.807, 2.05) is 13.8 Å². The lowest BCUT2D eigenvalue weighted by molar-refractivity contribution is -0.159. The summed E-state index contributed by atoms with van der Waals surface area (Å²) in [5.74, 6) is -2.87. The molecule has 0 radical (unpaired) electrons. The summed E-state index contributed by atoms with van der Waals surface area (Å²) >= 11 is 0. The van der Waals surface area contributed by atoms with Crippen LogP contribution in [-0.4, -0.2) is 101 Å². The fourth-order valence-corrected chi connectivity index (χ4v) is 5.99. The highest BCUT2D eigenvalue weighted by atomic mass is 19.1. The molecule has 1 saturated heterocycles. The van der Waals surface area contributed by atoms with Crippen molar-refractivity contribution in [2.24, 2.45) is 17.6 Å². The summed E-state index contributed by atoms with van der Waals surface area (Å²) < 4.78 is 26.2. The Kier molecular flexibility index (Phi) is 14.1. The summed E-state index contributed by atoms with van der Waals surface area (Å²) in [5.41, 5.74) is 12.9. The third-order valence-electron chi connectivity index (χ3n) is 8.49. The number of cyclic esters (lactones) is 1. The highest BCUT2D eigenvalue weighted by Gasteiger charge is 2.39. The molecule has 7 N–H and O–H groups in total. The van der Waals surface area contributed by atoms with Gasteiger partial charge >= 0.3 is 5.97 Å². The van der Waals surface area contributed by atoms with Gasteiger partial charge in [0.05, 0.1) is 24.8 Å². The molecule has 50 heavy (non-hydrogen) atoms. The number of carbonyl (C=O) groups is 4. The molecule has 15 nitrogen and oxygen atoms in total. The van der Waals surface area contributed by atoms with Crippen molar-refractivity contribution in [3.05, 3.63) is 65.7 Å². The van der Waals surface area contributed by atoms with Crippen molar-refractivity contribution < 1.29 is 37.8 Å². The van der Waals surface area contributed by atoms with Crippen LogP contribution in [0.1, 0.15) is 62.8 Å². The van der Waals surface area contributed by atoms with E-state index >= 15 is 0 Å². The van der Waals surface area contributed by atoms with E-state index in [0.29, 0.717) is 38.0 Å². The predicted octanol–water partition coefficient (Wildman–Crippen LogP) is 0.915. The van der Waals surface area contributed by atoms with Crippen molar-refractivity contribution in [1.82, 2.24) is 36.5 Å². The lowest BCUT2D eigenvalue weighted by Crippen LogP contribution is -2.45. The first kappa shape index (κ1) is 38.3. The van der Waals surface area contributed by atoms with Crippen molar-refractivity contribution in [3.8, 4) is 0 Å². The lowest BCUT2D eigenvalue weighted by Gasteiger charge is -2.31. The second kappa shape index (κ2) is 18.5. The Morgan fingerprint density at radius 3 is 2.80 bits per heavy atom. The molecule has 1 aromatic rings. The fraction of sp³-hybridized carbons (Fsp3) is 0.559. The maximum Gasteiger partial charge on any atom is 0.329 e. The highest BCUT2D eigenvalue weighted by molar-refractivity contribution is 5.95. The SMILES string of the molecule is CC1=C[C@@H](O)C[C@@H](F)Cc2nc(co2)C(=O)N2CCC[C@@H]2C(=O)OC(C(C)C)[C@H](CC(=O)NCCN2C=C(CN)NN2)/C=C/C(=O)NCC=C1. The highest BCUT2D eigenvalue weighted by Crippen LogP contribution is 2.27. The first-order chi connectivity index (χ1) is 23.9. The monoisotopic (exact) mass is 700 g/mol. The Morgan fingerprint density at radius 1 is 1.26 bits per heavy atom. The Bertz CT molecular complexity index is 1470. The van der Waals surface area contributed by atoms with E-state index in [2.05, 4.69) is 26.6 Å². The van der Waals surface area contributed by atoms with Gasteiger partial charge in [-0.15, -0.1) is 5.53 Å². The minimum Gasteiger partial charge on any atom is -0.460 e. The lowest BCUT2D eigenvalue weighted by atomic mass is 9.89. The van der Waals surface area contributed by atoms with E-state index in [9.17, 15) is 28.7 Å². The van der Waals surface area contributed by atoms with Gasteiger partial charge in [-0.1, -0.05) is 43.7 Å². The Labute approximate surface area is 291 Å². The van der Waals surface area contributed by atoms with Gasteiger partial charge in [0, 0.05) is 51.1 Å². The number of aliphatic hydroxyl groups is 1. The van der Waals surface area contributed by atoms with Crippen LogP contribution in [0.5, 0.6) is 0 Å². The molecule has 3 aliphatic heterocycles. The number of rotatable bonds is 7. The van der Waals surface area contributed by atoms with Crippen LogP contribution in [0.25, 0.3) is 0 Å². The van der Waals surface area contributed by atoms with E-state index in [0.717, 1.165) is 12.0 Å². The van der Waals surface area contributed by atoms with Crippen LogP contribution in [0.15, 0.2) is 58.5 Å². The van der Waals surface area contributed by atoms with E-state index in [4.69, 9.17) is 14.9 Å². The molecule has 274 valence electrons. The van der Waals surface area contributed by atoms with Crippen LogP contribution in [0.2, 0.25) is 0 Å². The zero-order valence-corrected chi connectivity index (χ0v) is 28.8. The molecule has 16 heteroatoms. The second-order valence-electron chi connectivity index (χ2n) is 13.0. The molecule has 0 spiro atoms. The summed E-state index contributed by atoms with van der Waals surface area (Å²) in [6.07, 6.45) is 7.67. The number of hydrazine groups is 2. The van der Waals surface area contributed by atoms with Crippen LogP contribution >= 0.6 is 0 Å². The van der Waals surface area contributed by atoms with E-state index in [1.165, 1.54) is 17.1 Å². The number of nitrogens with one attached hydrogen (secondary N) is 4. The third kappa shape index (κ3) is 11.2. The normalized spacial score (nSPS) is 26.5. The molecular formula is C34H49FN8O7. The standard InChI is InChI=1S/C34H49FN8O7/c1-21(2)32-23(15-30(46)38-11-13-42-19-25(18-36)40-41-42)8-9-29(45)37-10-4-6-22(3)14-26(44)16-24(35)17-31-39-27(20-49-31)33(47)43-12-5-7-28(43)34(48)50-32/h4,6,8-9,14,19-21,23-24,26,28,32,40-41,44H,5,7,10-13,15-18,36H2,1-3H3,(H,37,45)(H,38,46)/b6-4?,9-8+,22-14?/t23-,24+,26+,28+,32?/m0/s1. The number of alkyl halides is 1. The number of carbonyl (C=O) groups excluding carboxylic acids is 4. The average Bonchev–Trinajstić information content (AvgIpc) is 3.84. The number of fused-ring (bicyclic) bond motifs is 3. The Morgan fingerprint density at radius 2 is 2.06 bits per heavy atom. The molecule has 1 unspecified atom stereocenters. The fourth-order valence-electron chi connectivity index (χ4n) is 5.99. The molecule has 3 aliphatic rings. The molecule has 5 atom stereocenters. The molecule has 0 aliphatic carbocycles. The number of hydrogen-bond donors (Lipinski definition) is 6. The van der Waals surface area contributed by atoms with Crippen LogP contribution in [0.4, 0.5) is 4.39 Å². The molecule has 1 fully saturated rings. The van der Waals surface area contributed by atoms with E-state index in [1.54, 1.807) is 36.4 Å². The van der Waals surface area contributed by atoms with Gasteiger partial charge in [-0.3, -0.25) is 19.4 Å². The summed E-state index contributed by atoms with van der Waals surface area (Å²) in [7, 11) is 0. The number of halogens is 1. The average molecular weight is 701 g/mol. The smallest absolute Gasteiger partial charge is 0.329 e. The zero-order chi connectivity index (χ0) is 36.2. The van der Waals surface area contributed by atoms with Crippen LogP contribution in [-0.2, 0) is 25.5 Å². The summed E-state index contributed by atoms with van der Waals surface area (Å²) in [6.45, 7) is 6.96. The number of hydrogen-bond acceptors (Lipinski definition) is 12. The van der Waals surface area contributed by atoms with Gasteiger partial charge in [0.25, 0.3) is 5.91 Å². The van der Waals surface area contributed by atoms with Crippen molar-refractivity contribution in [2.75, 3.05) is 32.7 Å². The number of oxazole rings is 1. The maximum atomic E-state index is 14.8. The van der Waals surface area contributed by atoms with Gasteiger partial charge < -0.3 is 41.0 Å². The van der Waals surface area contributed by atoms with Crippen molar-refractivity contribution in [2.45, 2.75) is 77.3 Å². The number of nitrogens with two attached hydrogens (primary N) is 1. The van der Waals surface area contributed by atoms with Gasteiger partial charge in [0.2, 0.25) is 11.8 Å². The molecule has 3 amide bonds. The quantitative estimate of drug-likeness (QED) is 0.220. The first-order valence-electron chi connectivity index (χ1n) is 17.0. The number of nitrogens with zero attached hydrogens (tertiary/aromatic N) is 3. The number of ether oxygens (including phenoxy) is 1. The minimum absolute atomic E-state index is 0.000912. The minimum atomic E-state index is -1.49. The van der Waals surface area contributed by atoms with Crippen LogP contribution in [0.3, 0.4) is 0 Å². The number of aliphatic hydroxyl groups excluding tert-OH is 1. The molecule has 1 aromatic heterocycles.